The maximum Gasteiger partial charge on any atom is 0.309 e. The second-order valence-electron chi connectivity index (χ2n) is 14.2. The Kier molecular flexibility index (Phi) is 13.5. The van der Waals surface area contributed by atoms with Gasteiger partial charge in [-0.3, -0.25) is 38.4 Å². The molecule has 51 heavy (non-hydrogen) atoms. The Balaban J connectivity index is 3.30. The van der Waals surface area contributed by atoms with E-state index < -0.39 is 119 Å². The molecule has 9 atom stereocenters. The zero-order valence-corrected chi connectivity index (χ0v) is 31.3. The van der Waals surface area contributed by atoms with E-state index in [9.17, 15) is 38.4 Å². The van der Waals surface area contributed by atoms with Gasteiger partial charge in [-0.1, -0.05) is 53.3 Å². The fourth-order valence-corrected chi connectivity index (χ4v) is 6.82. The molecular formula is C36H50O15. The van der Waals surface area contributed by atoms with E-state index in [-0.39, 0.29) is 5.57 Å². The van der Waals surface area contributed by atoms with Crippen molar-refractivity contribution in [2.75, 3.05) is 0 Å². The van der Waals surface area contributed by atoms with Crippen molar-refractivity contribution in [3.63, 3.8) is 0 Å². The lowest BCUT2D eigenvalue weighted by Crippen LogP contribution is -2.59. The average molecular weight is 723 g/mol. The van der Waals surface area contributed by atoms with Gasteiger partial charge in [-0.2, -0.15) is 0 Å². The molecule has 1 saturated carbocycles. The van der Waals surface area contributed by atoms with Gasteiger partial charge in [-0.25, -0.2) is 0 Å². The number of rotatable bonds is 8. The van der Waals surface area contributed by atoms with Crippen molar-refractivity contribution < 1.29 is 71.5 Å². The molecule has 0 amide bonds. The van der Waals surface area contributed by atoms with Crippen LogP contribution in [0.5, 0.6) is 0 Å². The van der Waals surface area contributed by atoms with Crippen LogP contribution in [0.25, 0.3) is 0 Å². The van der Waals surface area contributed by atoms with E-state index in [1.165, 1.54) is 39.8 Å². The highest BCUT2D eigenvalue weighted by molar-refractivity contribution is 5.94. The standard InChI is InChI=1S/C36H50O15/c1-17(2)33(44)49-28-19(4)27(45-20(5)37)26-31(47-22(7)39)35(13,50-24(9)41)16-36(26,51-25(10)42)30(43)18(3)14-15-34(11,12)32(48-23(8)40)29(28)46-21(6)38/h14-15,17-18,26-29,31-32H,4,16H2,1-3,5-13H3/b15-14+/t18-,26+,27+,28+,29-,31-,32+,35-,36-/m1/s1. The van der Waals surface area contributed by atoms with Gasteiger partial charge in [0.05, 0.1) is 11.8 Å². The highest BCUT2D eigenvalue weighted by Gasteiger charge is 2.72. The van der Waals surface area contributed by atoms with Gasteiger partial charge in [0, 0.05) is 64.9 Å². The first-order valence-electron chi connectivity index (χ1n) is 16.5. The zero-order valence-electron chi connectivity index (χ0n) is 31.3. The van der Waals surface area contributed by atoms with E-state index in [0.717, 1.165) is 41.5 Å². The van der Waals surface area contributed by atoms with E-state index >= 15 is 0 Å². The van der Waals surface area contributed by atoms with Gasteiger partial charge in [0.1, 0.15) is 6.10 Å². The molecule has 2 rings (SSSR count). The molecule has 0 aromatic rings. The molecule has 15 nitrogen and oxygen atoms in total. The molecule has 0 spiro atoms. The fraction of sp³-hybridized carbons (Fsp3) is 0.667. The molecule has 0 aromatic heterocycles. The topological polar surface area (TPSA) is 201 Å². The summed E-state index contributed by atoms with van der Waals surface area (Å²) in [5, 5.41) is 0. The number of hydrogen-bond acceptors (Lipinski definition) is 15. The van der Waals surface area contributed by atoms with Crippen molar-refractivity contribution in [2.45, 2.75) is 131 Å². The van der Waals surface area contributed by atoms with Crippen LogP contribution in [0.15, 0.2) is 24.3 Å². The molecule has 284 valence electrons. The number of carbonyl (C=O) groups is 8. The van der Waals surface area contributed by atoms with Gasteiger partial charge in [-0.05, 0) is 6.92 Å². The first-order chi connectivity index (χ1) is 23.3. The van der Waals surface area contributed by atoms with Crippen molar-refractivity contribution in [3.05, 3.63) is 24.3 Å². The Morgan fingerprint density at radius 2 is 1.20 bits per heavy atom. The van der Waals surface area contributed by atoms with Crippen LogP contribution in [-0.4, -0.2) is 89.3 Å². The van der Waals surface area contributed by atoms with Gasteiger partial charge < -0.3 is 33.2 Å². The van der Waals surface area contributed by atoms with Crippen molar-refractivity contribution in [2.24, 2.45) is 23.2 Å². The summed E-state index contributed by atoms with van der Waals surface area (Å²) in [5.74, 6) is -10.6. The highest BCUT2D eigenvalue weighted by Crippen LogP contribution is 2.54. The molecule has 2 aliphatic rings. The maximum absolute atomic E-state index is 14.9. The molecule has 0 aliphatic heterocycles. The summed E-state index contributed by atoms with van der Waals surface area (Å²) in [6, 6.07) is 0. The minimum atomic E-state index is -2.36. The predicted octanol–water partition coefficient (Wildman–Crippen LogP) is 3.28. The van der Waals surface area contributed by atoms with Crippen LogP contribution >= 0.6 is 0 Å². The monoisotopic (exact) mass is 722 g/mol. The van der Waals surface area contributed by atoms with E-state index in [1.807, 2.05) is 0 Å². The van der Waals surface area contributed by atoms with Crippen molar-refractivity contribution >= 4 is 47.6 Å². The quantitative estimate of drug-likeness (QED) is 0.201. The molecular weight excluding hydrogens is 672 g/mol. The number of Topliss-reactive ketones (excluding diaryl/α,β-unsaturated/α-hetero) is 1. The van der Waals surface area contributed by atoms with Crippen molar-refractivity contribution in [1.29, 1.82) is 0 Å². The lowest BCUT2D eigenvalue weighted by Gasteiger charge is -2.44. The number of allylic oxidation sites excluding steroid dienone is 1. The third-order valence-corrected chi connectivity index (χ3v) is 8.71. The normalized spacial score (nSPS) is 32.5. The molecule has 0 heterocycles. The number of carbonyl (C=O) groups excluding carboxylic acids is 8. The van der Waals surface area contributed by atoms with Crippen LogP contribution in [0.4, 0.5) is 0 Å². The highest BCUT2D eigenvalue weighted by atomic mass is 16.6. The number of esters is 7. The number of hydrogen-bond donors (Lipinski definition) is 0. The largest absolute Gasteiger partial charge is 0.458 e. The smallest absolute Gasteiger partial charge is 0.309 e. The number of ether oxygens (including phenoxy) is 7. The Labute approximate surface area is 297 Å². The van der Waals surface area contributed by atoms with Crippen LogP contribution in [0.2, 0.25) is 0 Å². The minimum absolute atomic E-state index is 0.339. The third-order valence-electron chi connectivity index (χ3n) is 8.71. The SMILES string of the molecule is C=C1[C@H](OC(=O)C(C)C)[C@@H](OC(C)=O)[C@H](OC(C)=O)C(C)(C)/C=C/[C@@H](C)C(=O)[C@@]2(OC(C)=O)C[C@@](C)(OC(C)=O)[C@H](OC(C)=O)[C@@H]2[C@H]1OC(C)=O. The summed E-state index contributed by atoms with van der Waals surface area (Å²) >= 11 is 0. The first-order valence-corrected chi connectivity index (χ1v) is 16.5. The van der Waals surface area contributed by atoms with Crippen molar-refractivity contribution in [3.8, 4) is 0 Å². The summed E-state index contributed by atoms with van der Waals surface area (Å²) in [5.41, 5.74) is -5.87. The van der Waals surface area contributed by atoms with Crippen LogP contribution < -0.4 is 0 Å². The van der Waals surface area contributed by atoms with E-state index in [1.54, 1.807) is 13.8 Å². The Morgan fingerprint density at radius 1 is 0.706 bits per heavy atom. The maximum atomic E-state index is 14.9. The molecule has 15 heteroatoms. The molecule has 2 aliphatic carbocycles. The summed E-state index contributed by atoms with van der Waals surface area (Å²) in [6.07, 6.45) is -6.01. The van der Waals surface area contributed by atoms with E-state index in [4.69, 9.17) is 33.2 Å². The van der Waals surface area contributed by atoms with E-state index in [0.29, 0.717) is 0 Å². The average Bonchev–Trinajstić information content (AvgIpc) is 3.19. The molecule has 0 aromatic carbocycles. The first kappa shape index (κ1) is 42.6. The van der Waals surface area contributed by atoms with E-state index in [2.05, 4.69) is 6.58 Å². The lowest BCUT2D eigenvalue weighted by molar-refractivity contribution is -0.196. The zero-order chi connectivity index (χ0) is 39.4. The predicted molar refractivity (Wildman–Crippen MR) is 176 cm³/mol. The summed E-state index contributed by atoms with van der Waals surface area (Å²) in [4.78, 5) is 105. The Morgan fingerprint density at radius 3 is 1.65 bits per heavy atom. The molecule has 0 radical (unpaired) electrons. The molecule has 1 fully saturated rings. The lowest BCUT2D eigenvalue weighted by atomic mass is 9.72. The summed E-state index contributed by atoms with van der Waals surface area (Å²) in [6.45, 7) is 19.6. The molecule has 0 saturated heterocycles. The molecule has 0 bridgehead atoms. The number of ketones is 1. The Bertz CT molecular complexity index is 1470. The van der Waals surface area contributed by atoms with Gasteiger partial charge in [-0.15, -0.1) is 0 Å². The minimum Gasteiger partial charge on any atom is -0.458 e. The second-order valence-corrected chi connectivity index (χ2v) is 14.2. The third kappa shape index (κ3) is 9.82. The molecule has 0 unspecified atom stereocenters. The van der Waals surface area contributed by atoms with Gasteiger partial charge in [0.2, 0.25) is 0 Å². The number of fused-ring (bicyclic) bond motifs is 1. The summed E-state index contributed by atoms with van der Waals surface area (Å²) in [7, 11) is 0. The van der Waals surface area contributed by atoms with Gasteiger partial charge in [0.25, 0.3) is 0 Å². The second kappa shape index (κ2) is 16.2. The summed E-state index contributed by atoms with van der Waals surface area (Å²) < 4.78 is 40.7. The molecule has 0 N–H and O–H groups in total. The van der Waals surface area contributed by atoms with Crippen LogP contribution in [0.3, 0.4) is 0 Å². The van der Waals surface area contributed by atoms with Gasteiger partial charge in [0.15, 0.2) is 41.4 Å². The van der Waals surface area contributed by atoms with Crippen molar-refractivity contribution in [1.82, 2.24) is 0 Å². The van der Waals surface area contributed by atoms with Crippen LogP contribution in [0, 0.1) is 23.2 Å². The fourth-order valence-electron chi connectivity index (χ4n) is 6.82. The van der Waals surface area contributed by atoms with Crippen LogP contribution in [-0.2, 0) is 71.5 Å². The van der Waals surface area contributed by atoms with Gasteiger partial charge >= 0.3 is 41.8 Å². The van der Waals surface area contributed by atoms with Crippen LogP contribution in [0.1, 0.15) is 89.5 Å². The Hall–Kier alpha value is -4.56.